The van der Waals surface area contributed by atoms with Crippen molar-refractivity contribution in [1.82, 2.24) is 0 Å². The van der Waals surface area contributed by atoms with Crippen LogP contribution < -0.4 is 0 Å². The maximum Gasteiger partial charge on any atom is 0.0956 e. The van der Waals surface area contributed by atoms with Gasteiger partial charge in [0, 0.05) is 6.42 Å². The molecule has 2 N–H and O–H groups in total. The van der Waals surface area contributed by atoms with Crippen LogP contribution in [-0.2, 0) is 5.11 Å². The van der Waals surface area contributed by atoms with Gasteiger partial charge in [-0.15, -0.1) is 0 Å². The first kappa shape index (κ1) is 7.88. The third-order valence-electron chi connectivity index (χ3n) is 0.746. The van der Waals surface area contributed by atoms with Crippen LogP contribution in [-0.4, -0.2) is 29.0 Å². The van der Waals surface area contributed by atoms with E-state index in [1.54, 1.807) is 0 Å². The van der Waals surface area contributed by atoms with Gasteiger partial charge in [-0.25, -0.2) is 5.11 Å². The van der Waals surface area contributed by atoms with E-state index in [9.17, 15) is 5.11 Å². The van der Waals surface area contributed by atoms with E-state index in [2.05, 4.69) is 6.92 Å². The molecule has 8 heavy (non-hydrogen) atoms. The van der Waals surface area contributed by atoms with Gasteiger partial charge in [0.2, 0.25) is 0 Å². The Balaban J connectivity index is 3.10. The molecule has 0 saturated heterocycles. The molecule has 0 saturated carbocycles. The molecule has 0 heterocycles. The quantitative estimate of drug-likeness (QED) is 0.518. The normalized spacial score (nSPS) is 18.0. The summed E-state index contributed by atoms with van der Waals surface area (Å²) in [6, 6.07) is 0. The van der Waals surface area contributed by atoms with E-state index in [-0.39, 0.29) is 13.0 Å². The highest BCUT2D eigenvalue weighted by atomic mass is 16.3. The van der Waals surface area contributed by atoms with Gasteiger partial charge in [0.25, 0.3) is 0 Å². The monoisotopic (exact) mass is 118 g/mol. The molecule has 0 amide bonds. The second-order valence-electron chi connectivity index (χ2n) is 1.69. The molecule has 0 aromatic heterocycles. The van der Waals surface area contributed by atoms with Gasteiger partial charge in [0.1, 0.15) is 0 Å². The number of hydrogen-bond acceptors (Lipinski definition) is 2. The van der Waals surface area contributed by atoms with Crippen LogP contribution in [0.25, 0.3) is 0 Å². The van der Waals surface area contributed by atoms with E-state index in [4.69, 9.17) is 10.2 Å². The van der Waals surface area contributed by atoms with Crippen molar-refractivity contribution in [3.8, 4) is 0 Å². The standard InChI is InChI=1S/C5H10O3/c1-4(7)2-5(8)3-6/h4-6,8H,1-3H2. The van der Waals surface area contributed by atoms with Gasteiger partial charge in [0.15, 0.2) is 0 Å². The molecule has 3 heteroatoms. The Hall–Kier alpha value is -0.120. The SMILES string of the molecule is [CH2]C([O])CC(O)CO. The lowest BCUT2D eigenvalue weighted by Gasteiger charge is -2.05. The maximum atomic E-state index is 10.1. The third-order valence-corrected chi connectivity index (χ3v) is 0.746. The van der Waals surface area contributed by atoms with Crippen LogP contribution in [0.1, 0.15) is 6.42 Å². The zero-order valence-electron chi connectivity index (χ0n) is 4.58. The van der Waals surface area contributed by atoms with Gasteiger partial charge in [0.05, 0.1) is 18.8 Å². The summed E-state index contributed by atoms with van der Waals surface area (Å²) in [6.45, 7) is 2.75. The predicted molar refractivity (Wildman–Crippen MR) is 27.5 cm³/mol. The first-order valence-electron chi connectivity index (χ1n) is 2.44. The van der Waals surface area contributed by atoms with Crippen LogP contribution in [0.5, 0.6) is 0 Å². The van der Waals surface area contributed by atoms with E-state index in [0.717, 1.165) is 0 Å². The van der Waals surface area contributed by atoms with E-state index in [1.807, 2.05) is 0 Å². The minimum atomic E-state index is -1.03. The molecule has 0 aromatic rings. The van der Waals surface area contributed by atoms with Crippen LogP contribution in [0.4, 0.5) is 0 Å². The van der Waals surface area contributed by atoms with Crippen molar-refractivity contribution >= 4 is 0 Å². The largest absolute Gasteiger partial charge is 0.394 e. The highest BCUT2D eigenvalue weighted by Gasteiger charge is 2.05. The Kier molecular flexibility index (Phi) is 3.77. The van der Waals surface area contributed by atoms with Crippen molar-refractivity contribution in [2.45, 2.75) is 18.6 Å². The summed E-state index contributed by atoms with van der Waals surface area (Å²) in [5, 5.41) is 26.8. The minimum Gasteiger partial charge on any atom is -0.394 e. The third kappa shape index (κ3) is 4.05. The van der Waals surface area contributed by atoms with Gasteiger partial charge >= 0.3 is 0 Å². The van der Waals surface area contributed by atoms with Crippen LogP contribution in [0, 0.1) is 6.92 Å². The molecule has 0 fully saturated rings. The smallest absolute Gasteiger partial charge is 0.0956 e. The summed E-state index contributed by atoms with van der Waals surface area (Å²) in [6.07, 6.45) is -1.90. The van der Waals surface area contributed by atoms with Crippen molar-refractivity contribution in [3.63, 3.8) is 0 Å². The van der Waals surface area contributed by atoms with Crippen LogP contribution in [0.3, 0.4) is 0 Å². The molecule has 0 rings (SSSR count). The van der Waals surface area contributed by atoms with Crippen molar-refractivity contribution in [2.24, 2.45) is 0 Å². The number of aliphatic hydroxyl groups is 2. The summed E-state index contributed by atoms with van der Waals surface area (Å²) in [5.41, 5.74) is 0. The van der Waals surface area contributed by atoms with E-state index in [1.165, 1.54) is 0 Å². The van der Waals surface area contributed by atoms with Crippen LogP contribution in [0.15, 0.2) is 0 Å². The van der Waals surface area contributed by atoms with Crippen LogP contribution >= 0.6 is 0 Å². The van der Waals surface area contributed by atoms with E-state index in [0.29, 0.717) is 0 Å². The second-order valence-corrected chi connectivity index (χ2v) is 1.69. The Bertz CT molecular complexity index is 53.6. The fourth-order valence-electron chi connectivity index (χ4n) is 0.378. The molecule has 0 aromatic carbocycles. The zero-order chi connectivity index (χ0) is 6.57. The number of rotatable bonds is 3. The summed E-state index contributed by atoms with van der Waals surface area (Å²) in [5.74, 6) is 0. The Morgan fingerprint density at radius 3 is 2.25 bits per heavy atom. The number of hydrogen-bond donors (Lipinski definition) is 2. The van der Waals surface area contributed by atoms with Gasteiger partial charge in [-0.1, -0.05) is 0 Å². The van der Waals surface area contributed by atoms with Crippen molar-refractivity contribution in [2.75, 3.05) is 6.61 Å². The molecule has 0 aliphatic carbocycles. The lowest BCUT2D eigenvalue weighted by molar-refractivity contribution is 0.0308. The Labute approximate surface area is 48.6 Å². The molecular weight excluding hydrogens is 108 g/mol. The molecule has 0 bridgehead atoms. The first-order chi connectivity index (χ1) is 3.66. The van der Waals surface area contributed by atoms with Gasteiger partial charge in [-0.05, 0) is 6.92 Å². The minimum absolute atomic E-state index is 0.0243. The molecule has 0 spiro atoms. The first-order valence-corrected chi connectivity index (χ1v) is 2.44. The summed E-state index contributed by atoms with van der Waals surface area (Å²) >= 11 is 0. The van der Waals surface area contributed by atoms with Crippen molar-refractivity contribution in [3.05, 3.63) is 6.92 Å². The maximum absolute atomic E-state index is 10.1. The van der Waals surface area contributed by atoms with E-state index >= 15 is 0 Å². The molecule has 2 radical (unpaired) electrons. The average molecular weight is 118 g/mol. The summed E-state index contributed by atoms with van der Waals surface area (Å²) < 4.78 is 0. The molecule has 48 valence electrons. The van der Waals surface area contributed by atoms with Crippen LogP contribution in [0.2, 0.25) is 0 Å². The molecule has 2 unspecified atom stereocenters. The highest BCUT2D eigenvalue weighted by Crippen LogP contribution is 1.94. The Morgan fingerprint density at radius 2 is 2.12 bits per heavy atom. The van der Waals surface area contributed by atoms with Gasteiger partial charge < -0.3 is 10.2 Å². The van der Waals surface area contributed by atoms with Gasteiger partial charge in [-0.2, -0.15) is 0 Å². The zero-order valence-corrected chi connectivity index (χ0v) is 4.58. The fraction of sp³-hybridized carbons (Fsp3) is 0.800. The summed E-state index contributed by atoms with van der Waals surface area (Å²) in [7, 11) is 0. The average Bonchev–Trinajstić information content (AvgIpc) is 1.65. The fourth-order valence-corrected chi connectivity index (χ4v) is 0.378. The topological polar surface area (TPSA) is 60.4 Å². The molecular formula is C5H10O3. The molecule has 3 nitrogen and oxygen atoms in total. The number of aliphatic hydroxyl groups excluding tert-OH is 2. The molecule has 2 atom stereocenters. The lowest BCUT2D eigenvalue weighted by Crippen LogP contribution is -2.17. The van der Waals surface area contributed by atoms with Crippen molar-refractivity contribution in [1.29, 1.82) is 0 Å². The van der Waals surface area contributed by atoms with Crippen molar-refractivity contribution < 1.29 is 15.3 Å². The van der Waals surface area contributed by atoms with E-state index < -0.39 is 12.2 Å². The molecule has 0 aliphatic rings. The molecule has 0 aliphatic heterocycles. The predicted octanol–water partition coefficient (Wildman–Crippen LogP) is -0.637. The summed E-state index contributed by atoms with van der Waals surface area (Å²) in [4.78, 5) is 0. The lowest BCUT2D eigenvalue weighted by atomic mass is 10.2. The Morgan fingerprint density at radius 1 is 1.62 bits per heavy atom. The van der Waals surface area contributed by atoms with Gasteiger partial charge in [-0.3, -0.25) is 0 Å². The second kappa shape index (κ2) is 3.83. The highest BCUT2D eigenvalue weighted by molar-refractivity contribution is 4.62.